The average Bonchev–Trinajstić information content (AvgIpc) is 2.50. The molecule has 0 aromatic carbocycles. The van der Waals surface area contributed by atoms with E-state index in [1.54, 1.807) is 0 Å². The highest BCUT2D eigenvalue weighted by molar-refractivity contribution is 8.00. The van der Waals surface area contributed by atoms with E-state index in [9.17, 15) is 0 Å². The van der Waals surface area contributed by atoms with Crippen molar-refractivity contribution in [2.24, 2.45) is 0 Å². The van der Waals surface area contributed by atoms with Crippen molar-refractivity contribution in [3.05, 3.63) is 0 Å². The van der Waals surface area contributed by atoms with Crippen LogP contribution in [0.5, 0.6) is 0 Å². The molecule has 0 amide bonds. The summed E-state index contributed by atoms with van der Waals surface area (Å²) in [6.45, 7) is 0. The Morgan fingerprint density at radius 1 is 1.33 bits per heavy atom. The zero-order chi connectivity index (χ0) is 8.44. The number of alkyl halides is 1. The molecule has 2 aliphatic rings. The lowest BCUT2D eigenvalue weighted by molar-refractivity contribution is -0.0180. The van der Waals surface area contributed by atoms with Gasteiger partial charge in [0.05, 0.1) is 6.10 Å². The highest BCUT2D eigenvalue weighted by Gasteiger charge is 2.41. The Balaban J connectivity index is 1.94. The van der Waals surface area contributed by atoms with E-state index in [1.165, 1.54) is 32.1 Å². The minimum Gasteiger partial charge on any atom is -0.359 e. The first-order chi connectivity index (χ1) is 5.85. The molecule has 1 atom stereocenters. The van der Waals surface area contributed by atoms with Crippen molar-refractivity contribution in [1.29, 1.82) is 0 Å². The summed E-state index contributed by atoms with van der Waals surface area (Å²) >= 11 is 7.76. The van der Waals surface area contributed by atoms with Gasteiger partial charge in [-0.15, -0.1) is 23.4 Å². The van der Waals surface area contributed by atoms with Crippen LogP contribution in [-0.2, 0) is 4.74 Å². The monoisotopic (exact) mass is 206 g/mol. The molecule has 0 aromatic rings. The lowest BCUT2D eigenvalue weighted by Crippen LogP contribution is -2.29. The molecule has 1 saturated heterocycles. The Kier molecular flexibility index (Phi) is 2.88. The van der Waals surface area contributed by atoms with Crippen molar-refractivity contribution in [3.8, 4) is 0 Å². The Bertz CT molecular complexity index is 157. The van der Waals surface area contributed by atoms with Crippen LogP contribution in [0.25, 0.3) is 0 Å². The first-order valence-electron chi connectivity index (χ1n) is 4.72. The van der Waals surface area contributed by atoms with Crippen LogP contribution in [0.4, 0.5) is 0 Å². The van der Waals surface area contributed by atoms with Crippen LogP contribution in [0, 0.1) is 0 Å². The number of rotatable bonds is 1. The van der Waals surface area contributed by atoms with Crippen LogP contribution < -0.4 is 0 Å². The second-order valence-corrected chi connectivity index (χ2v) is 5.35. The highest BCUT2D eigenvalue weighted by Crippen LogP contribution is 2.46. The van der Waals surface area contributed by atoms with Gasteiger partial charge < -0.3 is 4.74 Å². The molecule has 0 radical (unpaired) electrons. The predicted molar refractivity (Wildman–Crippen MR) is 53.9 cm³/mol. The molecule has 1 nitrogen and oxygen atoms in total. The minimum atomic E-state index is 0.178. The van der Waals surface area contributed by atoms with E-state index in [0.717, 1.165) is 5.75 Å². The molecule has 2 rings (SSSR count). The van der Waals surface area contributed by atoms with E-state index < -0.39 is 0 Å². The third kappa shape index (κ3) is 1.75. The molecule has 1 spiro atoms. The van der Waals surface area contributed by atoms with Gasteiger partial charge in [-0.2, -0.15) is 0 Å². The van der Waals surface area contributed by atoms with Crippen molar-refractivity contribution in [2.45, 2.75) is 43.1 Å². The van der Waals surface area contributed by atoms with Gasteiger partial charge in [-0.25, -0.2) is 0 Å². The summed E-state index contributed by atoms with van der Waals surface area (Å²) in [5, 5.41) is 0. The molecule has 1 aliphatic carbocycles. The molecular weight excluding hydrogens is 192 g/mol. The zero-order valence-electron chi connectivity index (χ0n) is 7.22. The van der Waals surface area contributed by atoms with Crippen molar-refractivity contribution >= 4 is 23.4 Å². The van der Waals surface area contributed by atoms with Crippen molar-refractivity contribution in [3.63, 3.8) is 0 Å². The maximum atomic E-state index is 5.97. The zero-order valence-corrected chi connectivity index (χ0v) is 8.79. The molecule has 1 aliphatic heterocycles. The first kappa shape index (κ1) is 9.17. The smallest absolute Gasteiger partial charge is 0.114 e. The SMILES string of the molecule is ClCC1CSC2(CCCCC2)O1. The molecule has 1 saturated carbocycles. The van der Waals surface area contributed by atoms with Crippen molar-refractivity contribution < 1.29 is 4.74 Å². The first-order valence-corrected chi connectivity index (χ1v) is 6.24. The van der Waals surface area contributed by atoms with Gasteiger partial charge in [0.25, 0.3) is 0 Å². The number of ether oxygens (including phenoxy) is 1. The molecule has 1 unspecified atom stereocenters. The fourth-order valence-electron chi connectivity index (χ4n) is 2.05. The summed E-state index contributed by atoms with van der Waals surface area (Å²) in [5.74, 6) is 1.76. The Morgan fingerprint density at radius 3 is 2.67 bits per heavy atom. The Hall–Kier alpha value is 0.600. The lowest BCUT2D eigenvalue weighted by atomic mass is 9.97. The molecule has 0 bridgehead atoms. The quantitative estimate of drug-likeness (QED) is 0.610. The molecule has 0 aromatic heterocycles. The van der Waals surface area contributed by atoms with Gasteiger partial charge in [0.15, 0.2) is 0 Å². The molecule has 1 heterocycles. The van der Waals surface area contributed by atoms with E-state index in [4.69, 9.17) is 16.3 Å². The third-order valence-electron chi connectivity index (χ3n) is 2.70. The van der Waals surface area contributed by atoms with Gasteiger partial charge in [-0.05, 0) is 25.7 Å². The van der Waals surface area contributed by atoms with Crippen LogP contribution in [0.15, 0.2) is 0 Å². The van der Waals surface area contributed by atoms with Gasteiger partial charge in [-0.1, -0.05) is 6.42 Å². The summed E-state index contributed by atoms with van der Waals surface area (Å²) in [4.78, 5) is 0.178. The minimum absolute atomic E-state index is 0.178. The van der Waals surface area contributed by atoms with Gasteiger partial charge in [-0.3, -0.25) is 0 Å². The third-order valence-corrected chi connectivity index (χ3v) is 4.61. The normalized spacial score (nSPS) is 34.2. The number of hydrogen-bond acceptors (Lipinski definition) is 2. The largest absolute Gasteiger partial charge is 0.359 e. The van der Waals surface area contributed by atoms with E-state index in [-0.39, 0.29) is 4.93 Å². The standard InChI is InChI=1S/C9H15ClOS/c10-6-8-7-12-9(11-8)4-2-1-3-5-9/h8H,1-7H2. The molecule has 70 valence electrons. The second kappa shape index (κ2) is 3.77. The Morgan fingerprint density at radius 2 is 2.08 bits per heavy atom. The van der Waals surface area contributed by atoms with Gasteiger partial charge in [0.2, 0.25) is 0 Å². The van der Waals surface area contributed by atoms with E-state index >= 15 is 0 Å². The van der Waals surface area contributed by atoms with Crippen molar-refractivity contribution in [2.75, 3.05) is 11.6 Å². The number of hydrogen-bond donors (Lipinski definition) is 0. The summed E-state index contributed by atoms with van der Waals surface area (Å²) in [6.07, 6.45) is 6.85. The summed E-state index contributed by atoms with van der Waals surface area (Å²) < 4.78 is 5.97. The summed E-state index contributed by atoms with van der Waals surface area (Å²) in [7, 11) is 0. The number of thioether (sulfide) groups is 1. The molecular formula is C9H15ClOS. The van der Waals surface area contributed by atoms with Crippen LogP contribution in [-0.4, -0.2) is 22.7 Å². The van der Waals surface area contributed by atoms with E-state index in [1.807, 2.05) is 11.8 Å². The van der Waals surface area contributed by atoms with Gasteiger partial charge in [0.1, 0.15) is 4.93 Å². The topological polar surface area (TPSA) is 9.23 Å². The summed E-state index contributed by atoms with van der Waals surface area (Å²) in [5.41, 5.74) is 0. The molecule has 3 heteroatoms. The van der Waals surface area contributed by atoms with Crippen LogP contribution in [0.2, 0.25) is 0 Å². The van der Waals surface area contributed by atoms with Crippen molar-refractivity contribution in [1.82, 2.24) is 0 Å². The fraction of sp³-hybridized carbons (Fsp3) is 1.00. The van der Waals surface area contributed by atoms with Crippen LogP contribution in [0.1, 0.15) is 32.1 Å². The van der Waals surface area contributed by atoms with E-state index in [0.29, 0.717) is 12.0 Å². The molecule has 2 fully saturated rings. The maximum Gasteiger partial charge on any atom is 0.114 e. The van der Waals surface area contributed by atoms with Crippen LogP contribution >= 0.6 is 23.4 Å². The lowest BCUT2D eigenvalue weighted by Gasteiger charge is -2.32. The van der Waals surface area contributed by atoms with Gasteiger partial charge in [0, 0.05) is 11.6 Å². The van der Waals surface area contributed by atoms with E-state index in [2.05, 4.69) is 0 Å². The number of halogens is 1. The predicted octanol–water partition coefficient (Wildman–Crippen LogP) is 3.02. The fourth-order valence-corrected chi connectivity index (χ4v) is 3.80. The molecule has 0 N–H and O–H groups in total. The average molecular weight is 207 g/mol. The highest BCUT2D eigenvalue weighted by atomic mass is 35.5. The van der Waals surface area contributed by atoms with Crippen LogP contribution in [0.3, 0.4) is 0 Å². The van der Waals surface area contributed by atoms with Gasteiger partial charge >= 0.3 is 0 Å². The summed E-state index contributed by atoms with van der Waals surface area (Å²) in [6, 6.07) is 0. The molecule has 12 heavy (non-hydrogen) atoms. The maximum absolute atomic E-state index is 5.97. The second-order valence-electron chi connectivity index (χ2n) is 3.68. The Labute approximate surface area is 83.2 Å².